The Hall–Kier alpha value is -2.78. The maximum Gasteiger partial charge on any atom is 0.243 e. The maximum atomic E-state index is 13.4. The lowest BCUT2D eigenvalue weighted by molar-refractivity contribution is -0.121. The molecular formula is C23H26FN3O4S. The minimum Gasteiger partial charge on any atom is -0.326 e. The summed E-state index contributed by atoms with van der Waals surface area (Å²) in [7, 11) is -3.79. The van der Waals surface area contributed by atoms with Gasteiger partial charge in [-0.25, -0.2) is 12.8 Å². The third-order valence-corrected chi connectivity index (χ3v) is 7.95. The second-order valence-corrected chi connectivity index (χ2v) is 10.4. The minimum atomic E-state index is -3.79. The molecule has 2 aliphatic heterocycles. The highest BCUT2D eigenvalue weighted by Gasteiger charge is 2.35. The lowest BCUT2D eigenvalue weighted by Crippen LogP contribution is -2.43. The molecule has 9 heteroatoms. The summed E-state index contributed by atoms with van der Waals surface area (Å²) in [6.45, 7) is 3.83. The average Bonchev–Trinajstić information content (AvgIpc) is 3.09. The number of sulfonamides is 1. The third-order valence-electron chi connectivity index (χ3n) is 6.09. The van der Waals surface area contributed by atoms with Gasteiger partial charge in [-0.15, -0.1) is 0 Å². The smallest absolute Gasteiger partial charge is 0.243 e. The van der Waals surface area contributed by atoms with E-state index in [1.54, 1.807) is 23.1 Å². The lowest BCUT2D eigenvalue weighted by Gasteiger charge is -2.31. The summed E-state index contributed by atoms with van der Waals surface area (Å²) in [5, 5.41) is 2.68. The molecule has 32 heavy (non-hydrogen) atoms. The Labute approximate surface area is 187 Å². The molecule has 0 bridgehead atoms. The van der Waals surface area contributed by atoms with Crippen LogP contribution in [-0.4, -0.2) is 43.7 Å². The van der Waals surface area contributed by atoms with Crippen molar-refractivity contribution >= 4 is 33.2 Å². The van der Waals surface area contributed by atoms with Crippen molar-refractivity contribution in [3.63, 3.8) is 0 Å². The van der Waals surface area contributed by atoms with Crippen molar-refractivity contribution < 1.29 is 22.4 Å². The second-order valence-electron chi connectivity index (χ2n) is 8.43. The van der Waals surface area contributed by atoms with Gasteiger partial charge in [0, 0.05) is 37.4 Å². The van der Waals surface area contributed by atoms with Crippen molar-refractivity contribution in [1.82, 2.24) is 4.31 Å². The summed E-state index contributed by atoms with van der Waals surface area (Å²) < 4.78 is 41.4. The van der Waals surface area contributed by atoms with Crippen molar-refractivity contribution in [2.24, 2.45) is 5.92 Å². The van der Waals surface area contributed by atoms with E-state index in [0.717, 1.165) is 11.3 Å². The van der Waals surface area contributed by atoms with Crippen LogP contribution in [0.2, 0.25) is 0 Å². The average molecular weight is 460 g/mol. The zero-order valence-corrected chi connectivity index (χ0v) is 18.9. The summed E-state index contributed by atoms with van der Waals surface area (Å²) in [6, 6.07) is 10.4. The van der Waals surface area contributed by atoms with Gasteiger partial charge in [-0.1, -0.05) is 6.07 Å². The first-order chi connectivity index (χ1) is 15.2. The van der Waals surface area contributed by atoms with Gasteiger partial charge in [0.25, 0.3) is 0 Å². The fraction of sp³-hybridized carbons (Fsp3) is 0.391. The molecule has 170 valence electrons. The van der Waals surface area contributed by atoms with E-state index < -0.39 is 21.8 Å². The molecule has 0 aromatic heterocycles. The van der Waals surface area contributed by atoms with Gasteiger partial charge >= 0.3 is 0 Å². The van der Waals surface area contributed by atoms with Gasteiger partial charge in [-0.3, -0.25) is 9.59 Å². The van der Waals surface area contributed by atoms with Gasteiger partial charge in [0.1, 0.15) is 5.82 Å². The van der Waals surface area contributed by atoms with E-state index in [1.165, 1.54) is 35.5 Å². The first-order valence-corrected chi connectivity index (χ1v) is 12.1. The van der Waals surface area contributed by atoms with Crippen LogP contribution < -0.4 is 10.2 Å². The Morgan fingerprint density at radius 1 is 1.16 bits per heavy atom. The van der Waals surface area contributed by atoms with E-state index in [1.807, 2.05) is 6.92 Å². The first kappa shape index (κ1) is 22.4. The van der Waals surface area contributed by atoms with Crippen LogP contribution in [0.3, 0.4) is 0 Å². The van der Waals surface area contributed by atoms with Crippen LogP contribution in [0.25, 0.3) is 0 Å². The summed E-state index contributed by atoms with van der Waals surface area (Å²) >= 11 is 0. The molecule has 0 unspecified atom stereocenters. The van der Waals surface area contributed by atoms with Gasteiger partial charge < -0.3 is 10.2 Å². The molecule has 1 fully saturated rings. The summed E-state index contributed by atoms with van der Waals surface area (Å²) in [4.78, 5) is 26.5. The molecule has 2 aromatic carbocycles. The molecule has 2 heterocycles. The van der Waals surface area contributed by atoms with Crippen LogP contribution in [0, 0.1) is 11.7 Å². The molecule has 1 N–H and O–H groups in total. The van der Waals surface area contributed by atoms with Crippen molar-refractivity contribution in [3.05, 3.63) is 53.8 Å². The molecule has 2 aromatic rings. The van der Waals surface area contributed by atoms with Gasteiger partial charge in [-0.2, -0.15) is 4.31 Å². The number of anilines is 2. The lowest BCUT2D eigenvalue weighted by atomic mass is 9.99. The molecule has 0 spiro atoms. The standard InChI is InChI=1S/C23H26FN3O4S/c1-15-11-18-12-21(8-9-22(18)27(15)16(2)28)32(30,31)26-10-4-5-17(14-26)23(29)25-20-7-3-6-19(24)13-20/h3,6-9,12-13,15,17H,4-5,10-11,14H2,1-2H3,(H,25,29)/t15-,17+/m1/s1. The molecule has 0 saturated carbocycles. The monoisotopic (exact) mass is 459 g/mol. The number of piperidine rings is 1. The van der Waals surface area contributed by atoms with E-state index in [2.05, 4.69) is 5.32 Å². The molecule has 0 radical (unpaired) electrons. The fourth-order valence-electron chi connectivity index (χ4n) is 4.58. The van der Waals surface area contributed by atoms with Crippen LogP contribution in [-0.2, 0) is 26.0 Å². The van der Waals surface area contributed by atoms with E-state index in [-0.39, 0.29) is 29.3 Å². The Morgan fingerprint density at radius 3 is 2.66 bits per heavy atom. The Kier molecular flexibility index (Phi) is 6.05. The van der Waals surface area contributed by atoms with Gasteiger partial charge in [0.15, 0.2) is 0 Å². The summed E-state index contributed by atoms with van der Waals surface area (Å²) in [5.74, 6) is -1.38. The van der Waals surface area contributed by atoms with Gasteiger partial charge in [-0.05, 0) is 68.1 Å². The number of carbonyl (C=O) groups excluding carboxylic acids is 2. The zero-order chi connectivity index (χ0) is 23.0. The molecule has 1 saturated heterocycles. The van der Waals surface area contributed by atoms with Crippen molar-refractivity contribution in [2.75, 3.05) is 23.3 Å². The summed E-state index contributed by atoms with van der Waals surface area (Å²) in [6.07, 6.45) is 1.71. The highest BCUT2D eigenvalue weighted by atomic mass is 32.2. The molecule has 2 aliphatic rings. The molecular weight excluding hydrogens is 433 g/mol. The van der Waals surface area contributed by atoms with Gasteiger partial charge in [0.05, 0.1) is 10.8 Å². The van der Waals surface area contributed by atoms with E-state index in [4.69, 9.17) is 0 Å². The molecule has 2 atom stereocenters. The van der Waals surface area contributed by atoms with Crippen molar-refractivity contribution in [1.29, 1.82) is 0 Å². The normalized spacial score (nSPS) is 21.3. The predicted octanol–water partition coefficient (Wildman–Crippen LogP) is 3.16. The Morgan fingerprint density at radius 2 is 1.94 bits per heavy atom. The predicted molar refractivity (Wildman–Crippen MR) is 119 cm³/mol. The number of carbonyl (C=O) groups is 2. The Balaban J connectivity index is 1.51. The highest BCUT2D eigenvalue weighted by molar-refractivity contribution is 7.89. The molecule has 7 nitrogen and oxygen atoms in total. The SMILES string of the molecule is CC(=O)N1c2ccc(S(=O)(=O)N3CCC[C@H](C(=O)Nc4cccc(F)c4)C3)cc2C[C@H]1C. The summed E-state index contributed by atoms with van der Waals surface area (Å²) in [5.41, 5.74) is 1.92. The molecule has 4 rings (SSSR count). The number of nitrogens with one attached hydrogen (secondary N) is 1. The van der Waals surface area contributed by atoms with E-state index in [9.17, 15) is 22.4 Å². The first-order valence-electron chi connectivity index (χ1n) is 10.7. The number of benzene rings is 2. The minimum absolute atomic E-state index is 0.0219. The molecule has 2 amide bonds. The van der Waals surface area contributed by atoms with Crippen LogP contribution in [0.1, 0.15) is 32.3 Å². The second kappa shape index (κ2) is 8.63. The van der Waals surface area contributed by atoms with Crippen molar-refractivity contribution in [3.8, 4) is 0 Å². The van der Waals surface area contributed by atoms with Crippen LogP contribution >= 0.6 is 0 Å². The van der Waals surface area contributed by atoms with Gasteiger partial charge in [0.2, 0.25) is 21.8 Å². The van der Waals surface area contributed by atoms with Crippen LogP contribution in [0.15, 0.2) is 47.4 Å². The fourth-order valence-corrected chi connectivity index (χ4v) is 6.16. The van der Waals surface area contributed by atoms with E-state index >= 15 is 0 Å². The van der Waals surface area contributed by atoms with Crippen LogP contribution in [0.5, 0.6) is 0 Å². The highest BCUT2D eigenvalue weighted by Crippen LogP contribution is 2.35. The number of fused-ring (bicyclic) bond motifs is 1. The maximum absolute atomic E-state index is 13.4. The number of amides is 2. The number of hydrogen-bond acceptors (Lipinski definition) is 4. The number of halogens is 1. The quantitative estimate of drug-likeness (QED) is 0.761. The topological polar surface area (TPSA) is 86.8 Å². The molecule has 0 aliphatic carbocycles. The number of rotatable bonds is 4. The van der Waals surface area contributed by atoms with Crippen LogP contribution in [0.4, 0.5) is 15.8 Å². The number of nitrogens with zero attached hydrogens (tertiary/aromatic N) is 2. The van der Waals surface area contributed by atoms with Crippen molar-refractivity contribution in [2.45, 2.75) is 44.0 Å². The largest absolute Gasteiger partial charge is 0.326 e. The third kappa shape index (κ3) is 4.27. The van der Waals surface area contributed by atoms with E-state index in [0.29, 0.717) is 31.5 Å². The zero-order valence-electron chi connectivity index (χ0n) is 18.0. The number of hydrogen-bond donors (Lipinski definition) is 1. The Bertz CT molecular complexity index is 1170.